The summed E-state index contributed by atoms with van der Waals surface area (Å²) in [6.07, 6.45) is 3.63. The Balaban J connectivity index is 2.50. The van der Waals surface area contributed by atoms with Gasteiger partial charge in [-0.3, -0.25) is 0 Å². The summed E-state index contributed by atoms with van der Waals surface area (Å²) in [5, 5.41) is 0.671. The SMILES string of the molecule is C=CCCC(N)C(C)Oc1cccc(Cl)c1. The van der Waals surface area contributed by atoms with E-state index in [1.807, 2.05) is 31.2 Å². The lowest BCUT2D eigenvalue weighted by Crippen LogP contribution is -2.36. The summed E-state index contributed by atoms with van der Waals surface area (Å²) in [4.78, 5) is 0. The molecule has 0 heterocycles. The Labute approximate surface area is 102 Å². The van der Waals surface area contributed by atoms with E-state index in [0.29, 0.717) is 5.02 Å². The Morgan fingerprint density at radius 2 is 2.31 bits per heavy atom. The maximum Gasteiger partial charge on any atom is 0.121 e. The van der Waals surface area contributed by atoms with E-state index in [0.717, 1.165) is 18.6 Å². The number of hydrogen-bond acceptors (Lipinski definition) is 2. The molecule has 0 saturated carbocycles. The van der Waals surface area contributed by atoms with Crippen molar-refractivity contribution in [2.75, 3.05) is 0 Å². The van der Waals surface area contributed by atoms with Crippen molar-refractivity contribution in [3.8, 4) is 5.75 Å². The molecule has 0 saturated heterocycles. The average molecular weight is 240 g/mol. The van der Waals surface area contributed by atoms with E-state index in [4.69, 9.17) is 22.1 Å². The molecule has 0 fully saturated rings. The fourth-order valence-corrected chi connectivity index (χ4v) is 1.57. The molecule has 1 aromatic carbocycles. The van der Waals surface area contributed by atoms with Crippen LogP contribution in [0.5, 0.6) is 5.75 Å². The Morgan fingerprint density at radius 1 is 1.56 bits per heavy atom. The van der Waals surface area contributed by atoms with Crippen LogP contribution in [0.2, 0.25) is 5.02 Å². The summed E-state index contributed by atoms with van der Waals surface area (Å²) < 4.78 is 5.71. The first-order valence-corrected chi connectivity index (χ1v) is 5.80. The third-order valence-corrected chi connectivity index (χ3v) is 2.66. The number of rotatable bonds is 6. The van der Waals surface area contributed by atoms with Crippen molar-refractivity contribution in [1.29, 1.82) is 0 Å². The van der Waals surface area contributed by atoms with Crippen LogP contribution in [0.15, 0.2) is 36.9 Å². The van der Waals surface area contributed by atoms with Crippen LogP contribution in [0.25, 0.3) is 0 Å². The Bertz CT molecular complexity index is 340. The van der Waals surface area contributed by atoms with Crippen molar-refractivity contribution in [1.82, 2.24) is 0 Å². The second-order valence-electron chi connectivity index (χ2n) is 3.81. The van der Waals surface area contributed by atoms with Gasteiger partial charge in [-0.1, -0.05) is 23.7 Å². The summed E-state index contributed by atoms with van der Waals surface area (Å²) in [6, 6.07) is 7.36. The number of halogens is 1. The Morgan fingerprint density at radius 3 is 2.94 bits per heavy atom. The number of benzene rings is 1. The lowest BCUT2D eigenvalue weighted by molar-refractivity contribution is 0.185. The molecule has 3 heteroatoms. The summed E-state index contributed by atoms with van der Waals surface area (Å²) in [7, 11) is 0. The van der Waals surface area contributed by atoms with Crippen LogP contribution in [0.4, 0.5) is 0 Å². The molecule has 2 nitrogen and oxygen atoms in total. The monoisotopic (exact) mass is 239 g/mol. The van der Waals surface area contributed by atoms with E-state index in [1.54, 1.807) is 6.07 Å². The summed E-state index contributed by atoms with van der Waals surface area (Å²) in [5.74, 6) is 0.758. The first-order chi connectivity index (χ1) is 7.63. The van der Waals surface area contributed by atoms with Crippen molar-refractivity contribution >= 4 is 11.6 Å². The minimum Gasteiger partial charge on any atom is -0.489 e. The van der Waals surface area contributed by atoms with Gasteiger partial charge in [0, 0.05) is 11.1 Å². The second kappa shape index (κ2) is 6.56. The number of ether oxygens (including phenoxy) is 1. The minimum absolute atomic E-state index is 0.0111. The highest BCUT2D eigenvalue weighted by Crippen LogP contribution is 2.19. The normalized spacial score (nSPS) is 14.2. The maximum atomic E-state index is 5.98. The van der Waals surface area contributed by atoms with Gasteiger partial charge >= 0.3 is 0 Å². The summed E-state index contributed by atoms with van der Waals surface area (Å²) >= 11 is 5.87. The van der Waals surface area contributed by atoms with Crippen LogP contribution in [-0.4, -0.2) is 12.1 Å². The highest BCUT2D eigenvalue weighted by Gasteiger charge is 2.13. The van der Waals surface area contributed by atoms with Gasteiger partial charge in [0.25, 0.3) is 0 Å². The number of nitrogens with two attached hydrogens (primary N) is 1. The third kappa shape index (κ3) is 4.25. The molecule has 1 rings (SSSR count). The predicted octanol–water partition coefficient (Wildman–Crippen LogP) is 3.40. The fraction of sp³-hybridized carbons (Fsp3) is 0.385. The van der Waals surface area contributed by atoms with Crippen molar-refractivity contribution in [3.63, 3.8) is 0 Å². The summed E-state index contributed by atoms with van der Waals surface area (Å²) in [6.45, 7) is 5.64. The standard InChI is InChI=1S/C13H18ClNO/c1-3-4-8-13(15)10(2)16-12-7-5-6-11(14)9-12/h3,5-7,9-10,13H,1,4,8,15H2,2H3. The molecule has 0 bridgehead atoms. The minimum atomic E-state index is -0.0292. The molecule has 2 atom stereocenters. The molecule has 0 aliphatic carbocycles. The topological polar surface area (TPSA) is 35.2 Å². The van der Waals surface area contributed by atoms with Crippen LogP contribution in [0, 0.1) is 0 Å². The van der Waals surface area contributed by atoms with Crippen LogP contribution in [0.3, 0.4) is 0 Å². The molecule has 0 aromatic heterocycles. The third-order valence-electron chi connectivity index (χ3n) is 2.43. The molecule has 0 aliphatic heterocycles. The predicted molar refractivity (Wildman–Crippen MR) is 68.9 cm³/mol. The van der Waals surface area contributed by atoms with Gasteiger partial charge in [0.2, 0.25) is 0 Å². The molecule has 0 spiro atoms. The lowest BCUT2D eigenvalue weighted by Gasteiger charge is -2.21. The van der Waals surface area contributed by atoms with Crippen molar-refractivity contribution in [2.45, 2.75) is 31.9 Å². The van der Waals surface area contributed by atoms with E-state index in [1.165, 1.54) is 0 Å². The van der Waals surface area contributed by atoms with Crippen molar-refractivity contribution in [2.24, 2.45) is 5.73 Å². The van der Waals surface area contributed by atoms with Crippen LogP contribution in [-0.2, 0) is 0 Å². The number of allylic oxidation sites excluding steroid dienone is 1. The van der Waals surface area contributed by atoms with Gasteiger partial charge in [0.1, 0.15) is 11.9 Å². The highest BCUT2D eigenvalue weighted by molar-refractivity contribution is 6.30. The van der Waals surface area contributed by atoms with E-state index in [-0.39, 0.29) is 12.1 Å². The quantitative estimate of drug-likeness (QED) is 0.773. The largest absolute Gasteiger partial charge is 0.489 e. The van der Waals surface area contributed by atoms with E-state index in [2.05, 4.69) is 6.58 Å². The van der Waals surface area contributed by atoms with Gasteiger partial charge in [-0.05, 0) is 38.0 Å². The lowest BCUT2D eigenvalue weighted by atomic mass is 10.1. The fourth-order valence-electron chi connectivity index (χ4n) is 1.39. The molecular formula is C13H18ClNO. The molecule has 2 N–H and O–H groups in total. The second-order valence-corrected chi connectivity index (χ2v) is 4.25. The molecule has 0 radical (unpaired) electrons. The van der Waals surface area contributed by atoms with Gasteiger partial charge in [0.15, 0.2) is 0 Å². The van der Waals surface area contributed by atoms with Gasteiger partial charge in [-0.25, -0.2) is 0 Å². The highest BCUT2D eigenvalue weighted by atomic mass is 35.5. The van der Waals surface area contributed by atoms with E-state index in [9.17, 15) is 0 Å². The van der Waals surface area contributed by atoms with Gasteiger partial charge < -0.3 is 10.5 Å². The van der Waals surface area contributed by atoms with Crippen LogP contribution in [0.1, 0.15) is 19.8 Å². The molecule has 1 aromatic rings. The maximum absolute atomic E-state index is 5.98. The average Bonchev–Trinajstić information content (AvgIpc) is 2.25. The first kappa shape index (κ1) is 13.1. The zero-order valence-electron chi connectivity index (χ0n) is 9.53. The van der Waals surface area contributed by atoms with Gasteiger partial charge in [-0.2, -0.15) is 0 Å². The van der Waals surface area contributed by atoms with E-state index < -0.39 is 0 Å². The molecule has 16 heavy (non-hydrogen) atoms. The molecule has 2 unspecified atom stereocenters. The van der Waals surface area contributed by atoms with Crippen LogP contribution >= 0.6 is 11.6 Å². The first-order valence-electron chi connectivity index (χ1n) is 5.42. The zero-order chi connectivity index (χ0) is 12.0. The Kier molecular flexibility index (Phi) is 5.36. The number of hydrogen-bond donors (Lipinski definition) is 1. The van der Waals surface area contributed by atoms with Crippen LogP contribution < -0.4 is 10.5 Å². The van der Waals surface area contributed by atoms with Gasteiger partial charge in [0.05, 0.1) is 0 Å². The Hall–Kier alpha value is -0.990. The summed E-state index contributed by atoms with van der Waals surface area (Å²) in [5.41, 5.74) is 5.98. The molecule has 0 aliphatic rings. The van der Waals surface area contributed by atoms with Gasteiger partial charge in [-0.15, -0.1) is 6.58 Å². The van der Waals surface area contributed by atoms with E-state index >= 15 is 0 Å². The molecular weight excluding hydrogens is 222 g/mol. The smallest absolute Gasteiger partial charge is 0.121 e. The van der Waals surface area contributed by atoms with Crippen molar-refractivity contribution < 1.29 is 4.74 Å². The zero-order valence-corrected chi connectivity index (χ0v) is 10.3. The van der Waals surface area contributed by atoms with Crippen molar-refractivity contribution in [3.05, 3.63) is 41.9 Å². The molecule has 0 amide bonds. The molecule has 88 valence electrons.